The molecule has 1 aromatic rings. The van der Waals surface area contributed by atoms with Crippen molar-refractivity contribution in [2.24, 2.45) is 5.73 Å². The van der Waals surface area contributed by atoms with Gasteiger partial charge in [-0.3, -0.25) is 0 Å². The van der Waals surface area contributed by atoms with Crippen LogP contribution in [0.4, 0.5) is 5.69 Å². The van der Waals surface area contributed by atoms with Gasteiger partial charge in [-0.05, 0) is 63.4 Å². The molecule has 0 amide bonds. The number of nitrogens with zero attached hydrogens (tertiary/aromatic N) is 1. The molecule has 3 nitrogen and oxygen atoms in total. The molecule has 0 fully saturated rings. The average molecular weight is 250 g/mol. The average Bonchev–Trinajstić information content (AvgIpc) is 2.34. The summed E-state index contributed by atoms with van der Waals surface area (Å²) in [5.74, 6) is 0.966. The zero-order chi connectivity index (χ0) is 13.9. The van der Waals surface area contributed by atoms with Gasteiger partial charge in [-0.2, -0.15) is 0 Å². The number of benzene rings is 1. The van der Waals surface area contributed by atoms with E-state index in [1.165, 1.54) is 22.4 Å². The molecule has 0 aliphatic heterocycles. The Labute approximate surface area is 111 Å². The van der Waals surface area contributed by atoms with E-state index in [0.29, 0.717) is 6.04 Å². The van der Waals surface area contributed by atoms with Gasteiger partial charge in [-0.15, -0.1) is 0 Å². The predicted molar refractivity (Wildman–Crippen MR) is 78.7 cm³/mol. The van der Waals surface area contributed by atoms with E-state index in [0.717, 1.165) is 18.7 Å². The fourth-order valence-corrected chi connectivity index (χ4v) is 2.44. The second kappa shape index (κ2) is 6.10. The Morgan fingerprint density at radius 1 is 1.28 bits per heavy atom. The van der Waals surface area contributed by atoms with E-state index >= 15 is 0 Å². The molecule has 2 N–H and O–H groups in total. The maximum atomic E-state index is 5.65. The van der Waals surface area contributed by atoms with Crippen molar-refractivity contribution in [3.8, 4) is 5.75 Å². The first kappa shape index (κ1) is 14.8. The first-order chi connectivity index (χ1) is 8.43. The molecule has 1 rings (SSSR count). The Bertz CT molecular complexity index is 415. The third-order valence-electron chi connectivity index (χ3n) is 3.83. The third kappa shape index (κ3) is 2.78. The molecule has 1 atom stereocenters. The number of hydrogen-bond donors (Lipinski definition) is 1. The van der Waals surface area contributed by atoms with Crippen LogP contribution in [0.3, 0.4) is 0 Å². The van der Waals surface area contributed by atoms with Gasteiger partial charge in [0.15, 0.2) is 0 Å². The minimum Gasteiger partial charge on any atom is -0.496 e. The molecule has 0 aliphatic rings. The maximum absolute atomic E-state index is 5.65. The van der Waals surface area contributed by atoms with E-state index in [1.807, 2.05) is 0 Å². The van der Waals surface area contributed by atoms with Crippen molar-refractivity contribution in [1.82, 2.24) is 0 Å². The number of anilines is 1. The lowest BCUT2D eigenvalue weighted by Crippen LogP contribution is -2.32. The standard InChI is InChI=1S/C15H26N2O/c1-10-9-14(18-6)12(3)13(4)15(10)17(5)11(2)7-8-16/h9,11H,7-8,16H2,1-6H3. The molecular formula is C15H26N2O. The first-order valence-corrected chi connectivity index (χ1v) is 6.51. The summed E-state index contributed by atoms with van der Waals surface area (Å²) in [4.78, 5) is 2.32. The van der Waals surface area contributed by atoms with Crippen LogP contribution < -0.4 is 15.4 Å². The lowest BCUT2D eigenvalue weighted by Gasteiger charge is -2.31. The predicted octanol–water partition coefficient (Wildman–Crippen LogP) is 2.79. The summed E-state index contributed by atoms with van der Waals surface area (Å²) >= 11 is 0. The summed E-state index contributed by atoms with van der Waals surface area (Å²) < 4.78 is 5.41. The molecule has 3 heteroatoms. The molecular weight excluding hydrogens is 224 g/mol. The minimum atomic E-state index is 0.445. The maximum Gasteiger partial charge on any atom is 0.122 e. The van der Waals surface area contributed by atoms with Crippen LogP contribution in [0.1, 0.15) is 30.0 Å². The molecule has 0 aromatic heterocycles. The van der Waals surface area contributed by atoms with Gasteiger partial charge in [0.25, 0.3) is 0 Å². The lowest BCUT2D eigenvalue weighted by atomic mass is 10.00. The van der Waals surface area contributed by atoms with Crippen molar-refractivity contribution >= 4 is 5.69 Å². The highest BCUT2D eigenvalue weighted by Crippen LogP contribution is 2.34. The van der Waals surface area contributed by atoms with Gasteiger partial charge in [-0.1, -0.05) is 0 Å². The van der Waals surface area contributed by atoms with E-state index in [2.05, 4.69) is 45.7 Å². The van der Waals surface area contributed by atoms with Gasteiger partial charge >= 0.3 is 0 Å². The van der Waals surface area contributed by atoms with Crippen LogP contribution in [0.15, 0.2) is 6.07 Å². The van der Waals surface area contributed by atoms with Crippen molar-refractivity contribution < 1.29 is 4.74 Å². The minimum absolute atomic E-state index is 0.445. The van der Waals surface area contributed by atoms with E-state index in [9.17, 15) is 0 Å². The van der Waals surface area contributed by atoms with Gasteiger partial charge < -0.3 is 15.4 Å². The van der Waals surface area contributed by atoms with Crippen LogP contribution in [0, 0.1) is 20.8 Å². The molecule has 0 heterocycles. The highest BCUT2D eigenvalue weighted by molar-refractivity contribution is 5.65. The highest BCUT2D eigenvalue weighted by Gasteiger charge is 2.17. The zero-order valence-corrected chi connectivity index (χ0v) is 12.5. The molecule has 1 unspecified atom stereocenters. The van der Waals surface area contributed by atoms with Crippen LogP contribution in [-0.4, -0.2) is 26.7 Å². The molecule has 1 aromatic carbocycles. The topological polar surface area (TPSA) is 38.5 Å². The number of nitrogens with two attached hydrogens (primary N) is 1. The third-order valence-corrected chi connectivity index (χ3v) is 3.83. The number of rotatable bonds is 5. The summed E-state index contributed by atoms with van der Waals surface area (Å²) in [6, 6.07) is 2.56. The van der Waals surface area contributed by atoms with Crippen LogP contribution in [0.2, 0.25) is 0 Å². The number of ether oxygens (including phenoxy) is 1. The second-order valence-corrected chi connectivity index (χ2v) is 5.03. The number of hydrogen-bond acceptors (Lipinski definition) is 3. The fraction of sp³-hybridized carbons (Fsp3) is 0.600. The van der Waals surface area contributed by atoms with Crippen LogP contribution in [0.25, 0.3) is 0 Å². The highest BCUT2D eigenvalue weighted by atomic mass is 16.5. The molecule has 0 spiro atoms. The SMILES string of the molecule is COc1cc(C)c(N(C)C(C)CCN)c(C)c1C. The first-order valence-electron chi connectivity index (χ1n) is 6.51. The normalized spacial score (nSPS) is 12.4. The van der Waals surface area contributed by atoms with Crippen molar-refractivity contribution in [3.63, 3.8) is 0 Å². The van der Waals surface area contributed by atoms with Crippen molar-refractivity contribution in [3.05, 3.63) is 22.8 Å². The lowest BCUT2D eigenvalue weighted by molar-refractivity contribution is 0.411. The van der Waals surface area contributed by atoms with Gasteiger partial charge in [0.2, 0.25) is 0 Å². The second-order valence-electron chi connectivity index (χ2n) is 5.03. The van der Waals surface area contributed by atoms with E-state index in [1.54, 1.807) is 7.11 Å². The largest absolute Gasteiger partial charge is 0.496 e. The Morgan fingerprint density at radius 2 is 1.89 bits per heavy atom. The Morgan fingerprint density at radius 3 is 2.39 bits per heavy atom. The fourth-order valence-electron chi connectivity index (χ4n) is 2.44. The summed E-state index contributed by atoms with van der Waals surface area (Å²) in [5, 5.41) is 0. The van der Waals surface area contributed by atoms with Gasteiger partial charge in [0.05, 0.1) is 7.11 Å². The molecule has 0 bridgehead atoms. The smallest absolute Gasteiger partial charge is 0.122 e. The Hall–Kier alpha value is -1.22. The van der Waals surface area contributed by atoms with Crippen molar-refractivity contribution in [2.75, 3.05) is 25.6 Å². The van der Waals surface area contributed by atoms with Crippen molar-refractivity contribution in [1.29, 1.82) is 0 Å². The van der Waals surface area contributed by atoms with Crippen LogP contribution in [-0.2, 0) is 0 Å². The molecule has 0 aliphatic carbocycles. The number of methoxy groups -OCH3 is 1. The zero-order valence-electron chi connectivity index (χ0n) is 12.5. The number of aryl methyl sites for hydroxylation is 1. The summed E-state index contributed by atoms with van der Waals surface area (Å²) in [5.41, 5.74) is 10.7. The molecule has 0 saturated heterocycles. The molecule has 0 radical (unpaired) electrons. The van der Waals surface area contributed by atoms with E-state index in [4.69, 9.17) is 10.5 Å². The van der Waals surface area contributed by atoms with Crippen LogP contribution >= 0.6 is 0 Å². The van der Waals surface area contributed by atoms with Gasteiger partial charge in [-0.25, -0.2) is 0 Å². The molecule has 18 heavy (non-hydrogen) atoms. The van der Waals surface area contributed by atoms with Gasteiger partial charge in [0, 0.05) is 18.8 Å². The quantitative estimate of drug-likeness (QED) is 0.873. The van der Waals surface area contributed by atoms with Crippen LogP contribution in [0.5, 0.6) is 5.75 Å². The Kier molecular flexibility index (Phi) is 5.03. The summed E-state index contributed by atoms with van der Waals surface area (Å²) in [6.07, 6.45) is 1.00. The van der Waals surface area contributed by atoms with E-state index < -0.39 is 0 Å². The molecule has 102 valence electrons. The Balaban J connectivity index is 3.20. The van der Waals surface area contributed by atoms with Gasteiger partial charge in [0.1, 0.15) is 5.75 Å². The summed E-state index contributed by atoms with van der Waals surface area (Å²) in [7, 11) is 3.86. The molecule has 0 saturated carbocycles. The summed E-state index contributed by atoms with van der Waals surface area (Å²) in [6.45, 7) is 9.34. The monoisotopic (exact) mass is 250 g/mol. The van der Waals surface area contributed by atoms with E-state index in [-0.39, 0.29) is 0 Å². The van der Waals surface area contributed by atoms with Crippen molar-refractivity contribution in [2.45, 2.75) is 40.2 Å².